The van der Waals surface area contributed by atoms with Crippen molar-refractivity contribution in [2.24, 2.45) is 11.7 Å². The highest BCUT2D eigenvalue weighted by molar-refractivity contribution is 5.94. The van der Waals surface area contributed by atoms with E-state index in [4.69, 9.17) is 5.73 Å². The van der Waals surface area contributed by atoms with Crippen molar-refractivity contribution in [1.82, 2.24) is 14.5 Å². The minimum atomic E-state index is -4.58. The standard InChI is InChI=1S/C18H20F3N5O2/c19-18(20,21)14-9-26(10-24-14)13(7-11-3-1-2-4-11)17(28)25-15-6-5-12(8-23-15)16(22)27/h5-6,8-11,13H,1-4,7H2,(H2,22,27)(H,23,25,28). The highest BCUT2D eigenvalue weighted by atomic mass is 19.4. The lowest BCUT2D eigenvalue weighted by Gasteiger charge is -2.21. The first-order valence-corrected chi connectivity index (χ1v) is 8.91. The van der Waals surface area contributed by atoms with Gasteiger partial charge in [0.15, 0.2) is 5.69 Å². The second kappa shape index (κ2) is 7.99. The van der Waals surface area contributed by atoms with Crippen LogP contribution in [0.5, 0.6) is 0 Å². The Labute approximate surface area is 159 Å². The van der Waals surface area contributed by atoms with Crippen LogP contribution in [0.3, 0.4) is 0 Å². The number of hydrogen-bond acceptors (Lipinski definition) is 4. The first kappa shape index (κ1) is 19.8. The summed E-state index contributed by atoms with van der Waals surface area (Å²) >= 11 is 0. The third-order valence-corrected chi connectivity index (χ3v) is 4.89. The number of primary amides is 1. The summed E-state index contributed by atoms with van der Waals surface area (Å²) in [4.78, 5) is 31.3. The Morgan fingerprint density at radius 3 is 2.50 bits per heavy atom. The number of nitrogens with two attached hydrogens (primary N) is 1. The fourth-order valence-electron chi connectivity index (χ4n) is 3.40. The SMILES string of the molecule is NC(=O)c1ccc(NC(=O)C(CC2CCCC2)n2cnc(C(F)(F)F)c2)nc1. The number of anilines is 1. The van der Waals surface area contributed by atoms with Crippen LogP contribution >= 0.6 is 0 Å². The number of pyridine rings is 1. The molecule has 1 unspecified atom stereocenters. The molecule has 1 atom stereocenters. The molecule has 10 heteroatoms. The van der Waals surface area contributed by atoms with Crippen LogP contribution < -0.4 is 11.1 Å². The fourth-order valence-corrected chi connectivity index (χ4v) is 3.40. The second-order valence-electron chi connectivity index (χ2n) is 6.89. The van der Waals surface area contributed by atoms with E-state index in [0.717, 1.165) is 38.2 Å². The Morgan fingerprint density at radius 2 is 1.96 bits per heavy atom. The molecule has 3 N–H and O–H groups in total. The number of halogens is 3. The van der Waals surface area contributed by atoms with Gasteiger partial charge in [-0.1, -0.05) is 25.7 Å². The smallest absolute Gasteiger partial charge is 0.366 e. The molecule has 1 saturated carbocycles. The largest absolute Gasteiger partial charge is 0.434 e. The molecule has 0 aromatic carbocycles. The zero-order valence-corrected chi connectivity index (χ0v) is 14.9. The van der Waals surface area contributed by atoms with E-state index in [1.807, 2.05) is 0 Å². The number of amides is 2. The molecule has 1 aliphatic rings. The summed E-state index contributed by atoms with van der Waals surface area (Å²) in [6, 6.07) is 1.99. The number of imidazole rings is 1. The van der Waals surface area contributed by atoms with Gasteiger partial charge in [-0.25, -0.2) is 9.97 Å². The number of nitrogens with one attached hydrogen (secondary N) is 1. The molecule has 2 aromatic rings. The van der Waals surface area contributed by atoms with Gasteiger partial charge in [-0.3, -0.25) is 9.59 Å². The van der Waals surface area contributed by atoms with Crippen molar-refractivity contribution in [3.05, 3.63) is 42.1 Å². The molecule has 0 bridgehead atoms. The zero-order chi connectivity index (χ0) is 20.3. The Bertz CT molecular complexity index is 842. The monoisotopic (exact) mass is 395 g/mol. The van der Waals surface area contributed by atoms with Gasteiger partial charge in [0, 0.05) is 12.4 Å². The molecule has 0 radical (unpaired) electrons. The number of alkyl halides is 3. The van der Waals surface area contributed by atoms with E-state index in [1.165, 1.54) is 22.9 Å². The van der Waals surface area contributed by atoms with Gasteiger partial charge in [-0.2, -0.15) is 13.2 Å². The molecule has 2 heterocycles. The Balaban J connectivity index is 1.80. The lowest BCUT2D eigenvalue weighted by Crippen LogP contribution is -2.27. The minimum absolute atomic E-state index is 0.183. The molecule has 2 aromatic heterocycles. The van der Waals surface area contributed by atoms with Crippen molar-refractivity contribution < 1.29 is 22.8 Å². The van der Waals surface area contributed by atoms with E-state index in [1.54, 1.807) is 0 Å². The molecule has 0 spiro atoms. The Kier molecular flexibility index (Phi) is 5.66. The molecular formula is C18H20F3N5O2. The zero-order valence-electron chi connectivity index (χ0n) is 14.9. The summed E-state index contributed by atoms with van der Waals surface area (Å²) in [5.74, 6) is -0.694. The molecule has 0 saturated heterocycles. The van der Waals surface area contributed by atoms with Gasteiger partial charge < -0.3 is 15.6 Å². The van der Waals surface area contributed by atoms with Crippen LogP contribution in [0.15, 0.2) is 30.9 Å². The summed E-state index contributed by atoms with van der Waals surface area (Å²) < 4.78 is 39.9. The third kappa shape index (κ3) is 4.68. The van der Waals surface area contributed by atoms with Crippen molar-refractivity contribution in [1.29, 1.82) is 0 Å². The average molecular weight is 395 g/mol. The average Bonchev–Trinajstić information content (AvgIpc) is 3.31. The number of hydrogen-bond donors (Lipinski definition) is 2. The molecule has 7 nitrogen and oxygen atoms in total. The van der Waals surface area contributed by atoms with Crippen molar-refractivity contribution in [2.75, 3.05) is 5.32 Å². The van der Waals surface area contributed by atoms with E-state index >= 15 is 0 Å². The van der Waals surface area contributed by atoms with Crippen LogP contribution in [0.2, 0.25) is 0 Å². The molecule has 2 amide bonds. The predicted molar refractivity (Wildman–Crippen MR) is 94.2 cm³/mol. The minimum Gasteiger partial charge on any atom is -0.366 e. The molecule has 0 aliphatic heterocycles. The highest BCUT2D eigenvalue weighted by Gasteiger charge is 2.35. The number of rotatable bonds is 6. The summed E-state index contributed by atoms with van der Waals surface area (Å²) in [6.07, 6.45) is 2.92. The maximum absolute atomic E-state index is 12.9. The van der Waals surface area contributed by atoms with Gasteiger partial charge in [0.1, 0.15) is 11.9 Å². The molecular weight excluding hydrogens is 375 g/mol. The molecule has 28 heavy (non-hydrogen) atoms. The molecule has 150 valence electrons. The summed E-state index contributed by atoms with van der Waals surface area (Å²) in [5.41, 5.74) is 4.29. The quantitative estimate of drug-likeness (QED) is 0.784. The van der Waals surface area contributed by atoms with E-state index in [0.29, 0.717) is 6.42 Å². The lowest BCUT2D eigenvalue weighted by molar-refractivity contribution is -0.141. The normalized spacial score (nSPS) is 16.1. The highest BCUT2D eigenvalue weighted by Crippen LogP contribution is 2.34. The molecule has 3 rings (SSSR count). The first-order valence-electron chi connectivity index (χ1n) is 8.91. The topological polar surface area (TPSA) is 103 Å². The van der Waals surface area contributed by atoms with Crippen LogP contribution in [0.1, 0.15) is 54.2 Å². The maximum Gasteiger partial charge on any atom is 0.434 e. The van der Waals surface area contributed by atoms with Crippen LogP contribution in [-0.4, -0.2) is 26.3 Å². The van der Waals surface area contributed by atoms with Gasteiger partial charge in [-0.15, -0.1) is 0 Å². The van der Waals surface area contributed by atoms with Crippen molar-refractivity contribution in [3.63, 3.8) is 0 Å². The summed E-state index contributed by atoms with van der Waals surface area (Å²) in [6.45, 7) is 0. The van der Waals surface area contributed by atoms with Crippen molar-refractivity contribution >= 4 is 17.6 Å². The second-order valence-corrected chi connectivity index (χ2v) is 6.89. The Morgan fingerprint density at radius 1 is 1.25 bits per heavy atom. The van der Waals surface area contributed by atoms with E-state index in [2.05, 4.69) is 15.3 Å². The van der Waals surface area contributed by atoms with Crippen molar-refractivity contribution in [3.8, 4) is 0 Å². The van der Waals surface area contributed by atoms with Crippen LogP contribution in [-0.2, 0) is 11.0 Å². The van der Waals surface area contributed by atoms with Crippen molar-refractivity contribution in [2.45, 2.75) is 44.3 Å². The summed E-state index contributed by atoms with van der Waals surface area (Å²) in [7, 11) is 0. The molecule has 1 aliphatic carbocycles. The summed E-state index contributed by atoms with van der Waals surface area (Å²) in [5, 5.41) is 2.60. The fraction of sp³-hybridized carbons (Fsp3) is 0.444. The van der Waals surface area contributed by atoms with Gasteiger partial charge in [0.25, 0.3) is 0 Å². The maximum atomic E-state index is 12.9. The van der Waals surface area contributed by atoms with E-state index in [9.17, 15) is 22.8 Å². The van der Waals surface area contributed by atoms with E-state index < -0.39 is 29.7 Å². The van der Waals surface area contributed by atoms with Gasteiger partial charge in [-0.05, 0) is 24.5 Å². The Hall–Kier alpha value is -2.91. The number of nitrogens with zero attached hydrogens (tertiary/aromatic N) is 3. The lowest BCUT2D eigenvalue weighted by atomic mass is 9.97. The predicted octanol–water partition coefficient (Wildman–Crippen LogP) is 3.16. The van der Waals surface area contributed by atoms with Gasteiger partial charge in [0.2, 0.25) is 11.8 Å². The van der Waals surface area contributed by atoms with Crippen LogP contribution in [0.4, 0.5) is 19.0 Å². The third-order valence-electron chi connectivity index (χ3n) is 4.89. The molecule has 1 fully saturated rings. The van der Waals surface area contributed by atoms with Gasteiger partial charge >= 0.3 is 6.18 Å². The van der Waals surface area contributed by atoms with E-state index in [-0.39, 0.29) is 17.3 Å². The number of carbonyl (C=O) groups is 2. The van der Waals surface area contributed by atoms with Gasteiger partial charge in [0.05, 0.1) is 11.9 Å². The number of aromatic nitrogens is 3. The van der Waals surface area contributed by atoms with Crippen LogP contribution in [0.25, 0.3) is 0 Å². The van der Waals surface area contributed by atoms with Crippen LogP contribution in [0, 0.1) is 5.92 Å². The number of carbonyl (C=O) groups excluding carboxylic acids is 2. The first-order chi connectivity index (χ1) is 13.2.